The molecule has 0 heterocycles. The van der Waals surface area contributed by atoms with Gasteiger partial charge < -0.3 is 14.8 Å². The molecule has 0 aliphatic rings. The highest BCUT2D eigenvalue weighted by molar-refractivity contribution is 5.97. The van der Waals surface area contributed by atoms with E-state index in [4.69, 9.17) is 14.7 Å². The van der Waals surface area contributed by atoms with Crippen molar-refractivity contribution in [1.29, 1.82) is 5.26 Å². The van der Waals surface area contributed by atoms with E-state index < -0.39 is 23.4 Å². The normalized spacial score (nSPS) is 9.69. The standard InChI is InChI=1S/C17H13N3O6/c1-25-15-7-6-12(20(23)24)8-13(15)17(22)26-10-16(21)19-14-5-3-2-4-11(14)9-18/h2-8H,10H2,1H3,(H,19,21). The fraction of sp³-hybridized carbons (Fsp3) is 0.118. The number of amides is 1. The number of carbonyl (C=O) groups is 2. The van der Waals surface area contributed by atoms with Gasteiger partial charge in [-0.2, -0.15) is 5.26 Å². The van der Waals surface area contributed by atoms with Gasteiger partial charge in [0.15, 0.2) is 6.61 Å². The van der Waals surface area contributed by atoms with Gasteiger partial charge in [-0.25, -0.2) is 4.79 Å². The summed E-state index contributed by atoms with van der Waals surface area (Å²) in [7, 11) is 1.30. The minimum Gasteiger partial charge on any atom is -0.496 e. The van der Waals surface area contributed by atoms with Crippen LogP contribution in [0, 0.1) is 21.4 Å². The predicted molar refractivity (Wildman–Crippen MR) is 89.7 cm³/mol. The number of ether oxygens (including phenoxy) is 2. The summed E-state index contributed by atoms with van der Waals surface area (Å²) >= 11 is 0. The number of methoxy groups -OCH3 is 1. The second-order valence-electron chi connectivity index (χ2n) is 4.92. The number of rotatable bonds is 6. The zero-order chi connectivity index (χ0) is 19.1. The summed E-state index contributed by atoms with van der Waals surface area (Å²) in [4.78, 5) is 34.2. The summed E-state index contributed by atoms with van der Waals surface area (Å²) in [6.45, 7) is -0.634. The molecule has 0 atom stereocenters. The summed E-state index contributed by atoms with van der Waals surface area (Å²) < 4.78 is 9.85. The maximum Gasteiger partial charge on any atom is 0.342 e. The van der Waals surface area contributed by atoms with E-state index in [0.29, 0.717) is 0 Å². The van der Waals surface area contributed by atoms with Crippen molar-refractivity contribution in [2.75, 3.05) is 19.0 Å². The van der Waals surface area contributed by atoms with Gasteiger partial charge in [-0.3, -0.25) is 14.9 Å². The first kappa shape index (κ1) is 18.4. The number of nitro benzene ring substituents is 1. The SMILES string of the molecule is COc1ccc([N+](=O)[O-])cc1C(=O)OCC(=O)Nc1ccccc1C#N. The van der Waals surface area contributed by atoms with Crippen molar-refractivity contribution in [1.82, 2.24) is 0 Å². The van der Waals surface area contributed by atoms with E-state index >= 15 is 0 Å². The molecule has 0 bridgehead atoms. The first-order chi connectivity index (χ1) is 12.5. The lowest BCUT2D eigenvalue weighted by Gasteiger charge is -2.09. The molecule has 0 spiro atoms. The number of anilines is 1. The highest BCUT2D eigenvalue weighted by atomic mass is 16.6. The number of benzene rings is 2. The minimum absolute atomic E-state index is 0.0795. The highest BCUT2D eigenvalue weighted by Crippen LogP contribution is 2.24. The average molecular weight is 355 g/mol. The average Bonchev–Trinajstić information content (AvgIpc) is 2.65. The molecule has 9 heteroatoms. The third-order valence-corrected chi connectivity index (χ3v) is 3.27. The topological polar surface area (TPSA) is 132 Å². The van der Waals surface area contributed by atoms with Crippen LogP contribution in [0.3, 0.4) is 0 Å². The number of carbonyl (C=O) groups excluding carboxylic acids is 2. The minimum atomic E-state index is -0.950. The van der Waals surface area contributed by atoms with E-state index in [1.807, 2.05) is 6.07 Å². The second kappa shape index (κ2) is 8.25. The number of nitrogens with one attached hydrogen (secondary N) is 1. The van der Waals surface area contributed by atoms with Crippen LogP contribution in [-0.2, 0) is 9.53 Å². The van der Waals surface area contributed by atoms with Crippen molar-refractivity contribution in [2.45, 2.75) is 0 Å². The van der Waals surface area contributed by atoms with Crippen LogP contribution in [0.25, 0.3) is 0 Å². The molecule has 0 radical (unpaired) electrons. The Morgan fingerprint density at radius 3 is 2.65 bits per heavy atom. The molecule has 2 aromatic carbocycles. The lowest BCUT2D eigenvalue weighted by Crippen LogP contribution is -2.21. The summed E-state index contributed by atoms with van der Waals surface area (Å²) in [6, 6.07) is 11.7. The summed E-state index contributed by atoms with van der Waals surface area (Å²) in [5.74, 6) is -1.53. The maximum absolute atomic E-state index is 12.1. The van der Waals surface area contributed by atoms with E-state index in [1.54, 1.807) is 12.1 Å². The molecule has 1 amide bonds. The van der Waals surface area contributed by atoms with Gasteiger partial charge in [0.25, 0.3) is 11.6 Å². The first-order valence-electron chi connectivity index (χ1n) is 7.24. The van der Waals surface area contributed by atoms with Crippen LogP contribution in [0.5, 0.6) is 5.75 Å². The molecule has 0 fully saturated rings. The molecule has 2 aromatic rings. The van der Waals surface area contributed by atoms with Crippen LogP contribution in [0.1, 0.15) is 15.9 Å². The molecule has 0 aromatic heterocycles. The molecule has 26 heavy (non-hydrogen) atoms. The summed E-state index contributed by atoms with van der Waals surface area (Å²) in [6.07, 6.45) is 0. The molecule has 0 saturated heterocycles. The number of hydrogen-bond donors (Lipinski definition) is 1. The zero-order valence-electron chi connectivity index (χ0n) is 13.6. The molecule has 1 N–H and O–H groups in total. The Labute approximate surface area is 147 Å². The molecule has 0 aliphatic heterocycles. The van der Waals surface area contributed by atoms with Gasteiger partial charge in [0.05, 0.1) is 23.3 Å². The van der Waals surface area contributed by atoms with Gasteiger partial charge in [-0.15, -0.1) is 0 Å². The van der Waals surface area contributed by atoms with E-state index in [-0.39, 0.29) is 28.3 Å². The Kier molecular flexibility index (Phi) is 5.84. The fourth-order valence-corrected chi connectivity index (χ4v) is 2.05. The molecule has 0 aliphatic carbocycles. The van der Waals surface area contributed by atoms with E-state index in [1.165, 1.54) is 31.4 Å². The van der Waals surface area contributed by atoms with Crippen LogP contribution in [0.15, 0.2) is 42.5 Å². The van der Waals surface area contributed by atoms with E-state index in [9.17, 15) is 19.7 Å². The van der Waals surface area contributed by atoms with Gasteiger partial charge in [-0.05, 0) is 18.2 Å². The Hall–Kier alpha value is -3.93. The maximum atomic E-state index is 12.1. The van der Waals surface area contributed by atoms with Crippen LogP contribution in [0.4, 0.5) is 11.4 Å². The van der Waals surface area contributed by atoms with Gasteiger partial charge in [-0.1, -0.05) is 12.1 Å². The Balaban J connectivity index is 2.06. The van der Waals surface area contributed by atoms with Gasteiger partial charge >= 0.3 is 5.97 Å². The van der Waals surface area contributed by atoms with Crippen LogP contribution in [0.2, 0.25) is 0 Å². The van der Waals surface area contributed by atoms with Gasteiger partial charge in [0.1, 0.15) is 17.4 Å². The van der Waals surface area contributed by atoms with Crippen molar-refractivity contribution in [3.05, 3.63) is 63.7 Å². The summed E-state index contributed by atoms with van der Waals surface area (Å²) in [5.41, 5.74) is 0.0496. The smallest absolute Gasteiger partial charge is 0.342 e. The third kappa shape index (κ3) is 4.33. The number of nitrogens with zero attached hydrogens (tertiary/aromatic N) is 2. The first-order valence-corrected chi connectivity index (χ1v) is 7.24. The molecule has 2 rings (SSSR count). The number of esters is 1. The van der Waals surface area contributed by atoms with E-state index in [0.717, 1.165) is 6.07 Å². The number of hydrogen-bond acceptors (Lipinski definition) is 7. The van der Waals surface area contributed by atoms with E-state index in [2.05, 4.69) is 5.32 Å². The molecule has 0 saturated carbocycles. The highest BCUT2D eigenvalue weighted by Gasteiger charge is 2.20. The number of nitriles is 1. The van der Waals surface area contributed by atoms with Crippen LogP contribution < -0.4 is 10.1 Å². The molecule has 9 nitrogen and oxygen atoms in total. The van der Waals surface area contributed by atoms with Crippen LogP contribution in [-0.4, -0.2) is 30.5 Å². The summed E-state index contributed by atoms with van der Waals surface area (Å²) in [5, 5.41) is 22.2. The Bertz CT molecular complexity index is 904. The Morgan fingerprint density at radius 2 is 2.00 bits per heavy atom. The quantitative estimate of drug-likeness (QED) is 0.477. The monoisotopic (exact) mass is 355 g/mol. The van der Waals surface area contributed by atoms with Gasteiger partial charge in [0.2, 0.25) is 0 Å². The fourth-order valence-electron chi connectivity index (χ4n) is 2.05. The van der Waals surface area contributed by atoms with Crippen molar-refractivity contribution < 1.29 is 24.0 Å². The van der Waals surface area contributed by atoms with Crippen molar-refractivity contribution in [3.63, 3.8) is 0 Å². The lowest BCUT2D eigenvalue weighted by atomic mass is 10.2. The largest absolute Gasteiger partial charge is 0.496 e. The predicted octanol–water partition coefficient (Wildman–Crippen LogP) is 2.27. The third-order valence-electron chi connectivity index (χ3n) is 3.27. The second-order valence-corrected chi connectivity index (χ2v) is 4.92. The van der Waals surface area contributed by atoms with Gasteiger partial charge in [0, 0.05) is 12.1 Å². The molecular weight excluding hydrogens is 342 g/mol. The van der Waals surface area contributed by atoms with Crippen molar-refractivity contribution in [3.8, 4) is 11.8 Å². The van der Waals surface area contributed by atoms with Crippen molar-refractivity contribution in [2.24, 2.45) is 0 Å². The lowest BCUT2D eigenvalue weighted by molar-refractivity contribution is -0.384. The number of para-hydroxylation sites is 1. The van der Waals surface area contributed by atoms with Crippen molar-refractivity contribution >= 4 is 23.3 Å². The van der Waals surface area contributed by atoms with Crippen LogP contribution >= 0.6 is 0 Å². The number of nitro groups is 1. The number of non-ortho nitro benzene ring substituents is 1. The molecule has 0 unspecified atom stereocenters. The molecule has 132 valence electrons. The molecular formula is C17H13N3O6. The Morgan fingerprint density at radius 1 is 1.27 bits per heavy atom. The zero-order valence-corrected chi connectivity index (χ0v) is 13.6.